The minimum atomic E-state index is 0.530. The minimum Gasteiger partial charge on any atom is -0.0654 e. The molecule has 3 unspecified atom stereocenters. The van der Waals surface area contributed by atoms with Crippen LogP contribution >= 0.6 is 0 Å². The van der Waals surface area contributed by atoms with Gasteiger partial charge in [-0.05, 0) is 36.0 Å². The van der Waals surface area contributed by atoms with Crippen molar-refractivity contribution < 1.29 is 0 Å². The van der Waals surface area contributed by atoms with E-state index in [2.05, 4.69) is 34.6 Å². The summed E-state index contributed by atoms with van der Waals surface area (Å²) in [6.07, 6.45) is 8.73. The highest BCUT2D eigenvalue weighted by molar-refractivity contribution is 4.80. The van der Waals surface area contributed by atoms with Crippen molar-refractivity contribution >= 4 is 0 Å². The van der Waals surface area contributed by atoms with Crippen molar-refractivity contribution in [2.24, 2.45) is 23.2 Å². The van der Waals surface area contributed by atoms with Crippen LogP contribution in [0.3, 0.4) is 0 Å². The first-order valence-corrected chi connectivity index (χ1v) is 6.92. The predicted molar refractivity (Wildman–Crippen MR) is 69.0 cm³/mol. The minimum absolute atomic E-state index is 0.530. The van der Waals surface area contributed by atoms with Crippen molar-refractivity contribution in [3.8, 4) is 0 Å². The van der Waals surface area contributed by atoms with E-state index >= 15 is 0 Å². The van der Waals surface area contributed by atoms with Gasteiger partial charge in [0, 0.05) is 0 Å². The largest absolute Gasteiger partial charge is 0.0654 e. The third-order valence-electron chi connectivity index (χ3n) is 4.03. The van der Waals surface area contributed by atoms with E-state index in [1.807, 2.05) is 0 Å². The van der Waals surface area contributed by atoms with Crippen molar-refractivity contribution in [3.05, 3.63) is 0 Å². The van der Waals surface area contributed by atoms with Gasteiger partial charge in [0.1, 0.15) is 0 Å². The molecule has 0 saturated heterocycles. The van der Waals surface area contributed by atoms with Crippen LogP contribution in [-0.4, -0.2) is 0 Å². The zero-order valence-electron chi connectivity index (χ0n) is 11.5. The topological polar surface area (TPSA) is 0 Å². The molecule has 0 aromatic rings. The second-order valence-corrected chi connectivity index (χ2v) is 6.97. The molecule has 0 radical (unpaired) electrons. The van der Waals surface area contributed by atoms with Crippen molar-refractivity contribution in [1.29, 1.82) is 0 Å². The Hall–Kier alpha value is 0. The molecule has 1 saturated carbocycles. The Morgan fingerprint density at radius 3 is 2.33 bits per heavy atom. The summed E-state index contributed by atoms with van der Waals surface area (Å²) in [7, 11) is 0. The van der Waals surface area contributed by atoms with Crippen LogP contribution in [0.2, 0.25) is 0 Å². The number of hydrogen-bond donors (Lipinski definition) is 0. The molecule has 0 bridgehead atoms. The van der Waals surface area contributed by atoms with Crippen LogP contribution < -0.4 is 0 Å². The van der Waals surface area contributed by atoms with Gasteiger partial charge in [0.15, 0.2) is 0 Å². The summed E-state index contributed by atoms with van der Waals surface area (Å²) >= 11 is 0. The van der Waals surface area contributed by atoms with Gasteiger partial charge in [-0.3, -0.25) is 0 Å². The summed E-state index contributed by atoms with van der Waals surface area (Å²) in [5, 5.41) is 0. The molecular weight excluding hydrogens is 180 g/mol. The Morgan fingerprint density at radius 2 is 1.80 bits per heavy atom. The molecule has 1 aliphatic rings. The van der Waals surface area contributed by atoms with Gasteiger partial charge in [0.05, 0.1) is 0 Å². The van der Waals surface area contributed by atoms with Crippen LogP contribution in [0.25, 0.3) is 0 Å². The van der Waals surface area contributed by atoms with E-state index in [0.717, 1.165) is 17.8 Å². The lowest BCUT2D eigenvalue weighted by Crippen LogP contribution is -2.25. The summed E-state index contributed by atoms with van der Waals surface area (Å²) in [5.74, 6) is 3.02. The molecule has 0 nitrogen and oxygen atoms in total. The zero-order valence-corrected chi connectivity index (χ0v) is 11.5. The van der Waals surface area contributed by atoms with E-state index in [9.17, 15) is 0 Å². The van der Waals surface area contributed by atoms with Crippen molar-refractivity contribution in [2.45, 2.75) is 73.1 Å². The van der Waals surface area contributed by atoms with Crippen LogP contribution in [0.5, 0.6) is 0 Å². The predicted octanol–water partition coefficient (Wildman–Crippen LogP) is 5.28. The Bertz CT molecular complexity index is 175. The van der Waals surface area contributed by atoms with Crippen LogP contribution in [0, 0.1) is 23.2 Å². The Morgan fingerprint density at radius 1 is 1.13 bits per heavy atom. The lowest BCUT2D eigenvalue weighted by Gasteiger charge is -2.37. The van der Waals surface area contributed by atoms with Crippen LogP contribution in [0.4, 0.5) is 0 Å². The first-order chi connectivity index (χ1) is 6.92. The quantitative estimate of drug-likeness (QED) is 0.595. The van der Waals surface area contributed by atoms with E-state index in [1.54, 1.807) is 0 Å². The maximum Gasteiger partial charge on any atom is -0.0380 e. The molecule has 1 fully saturated rings. The van der Waals surface area contributed by atoms with E-state index in [4.69, 9.17) is 0 Å². The van der Waals surface area contributed by atoms with E-state index in [0.29, 0.717) is 5.41 Å². The molecule has 0 heteroatoms. The Kier molecular flexibility index (Phi) is 4.67. The normalized spacial score (nSPS) is 33.0. The van der Waals surface area contributed by atoms with Gasteiger partial charge in [0.25, 0.3) is 0 Å². The van der Waals surface area contributed by atoms with Gasteiger partial charge < -0.3 is 0 Å². The fourth-order valence-electron chi connectivity index (χ4n) is 3.34. The molecule has 0 spiro atoms. The lowest BCUT2D eigenvalue weighted by atomic mass is 9.69. The fourth-order valence-corrected chi connectivity index (χ4v) is 3.34. The molecule has 0 heterocycles. The molecule has 15 heavy (non-hydrogen) atoms. The van der Waals surface area contributed by atoms with E-state index in [1.165, 1.54) is 38.5 Å². The summed E-state index contributed by atoms with van der Waals surface area (Å²) in [6.45, 7) is 12.0. The van der Waals surface area contributed by atoms with Gasteiger partial charge in [-0.2, -0.15) is 0 Å². The summed E-state index contributed by atoms with van der Waals surface area (Å²) < 4.78 is 0. The average molecular weight is 210 g/mol. The fraction of sp³-hybridized carbons (Fsp3) is 1.00. The smallest absolute Gasteiger partial charge is 0.0380 e. The first-order valence-electron chi connectivity index (χ1n) is 6.92. The molecule has 0 amide bonds. The maximum atomic E-state index is 2.47. The summed E-state index contributed by atoms with van der Waals surface area (Å²) in [5.41, 5.74) is 0.530. The average Bonchev–Trinajstić information content (AvgIpc) is 2.09. The van der Waals surface area contributed by atoms with Crippen LogP contribution in [-0.2, 0) is 0 Å². The Balaban J connectivity index is 2.43. The zero-order chi connectivity index (χ0) is 11.5. The lowest BCUT2D eigenvalue weighted by molar-refractivity contribution is 0.144. The van der Waals surface area contributed by atoms with Crippen molar-refractivity contribution in [3.63, 3.8) is 0 Å². The first kappa shape index (κ1) is 13.1. The van der Waals surface area contributed by atoms with Gasteiger partial charge in [0.2, 0.25) is 0 Å². The van der Waals surface area contributed by atoms with Gasteiger partial charge in [-0.25, -0.2) is 0 Å². The SMILES string of the molecule is CCCC1CC(CC(C)(C)C)CCC1C. The van der Waals surface area contributed by atoms with Gasteiger partial charge in [-0.1, -0.05) is 60.3 Å². The molecule has 1 aliphatic carbocycles. The molecule has 0 aliphatic heterocycles. The van der Waals surface area contributed by atoms with Crippen LogP contribution in [0.1, 0.15) is 73.1 Å². The number of rotatable bonds is 3. The van der Waals surface area contributed by atoms with Crippen LogP contribution in [0.15, 0.2) is 0 Å². The van der Waals surface area contributed by atoms with E-state index in [-0.39, 0.29) is 0 Å². The maximum absolute atomic E-state index is 2.47. The molecule has 0 aromatic heterocycles. The second-order valence-electron chi connectivity index (χ2n) is 6.97. The standard InChI is InChI=1S/C15H30/c1-6-7-14-10-13(9-8-12(14)2)11-15(3,4)5/h12-14H,6-11H2,1-5H3. The van der Waals surface area contributed by atoms with Gasteiger partial charge >= 0.3 is 0 Å². The summed E-state index contributed by atoms with van der Waals surface area (Å²) in [4.78, 5) is 0. The third kappa shape index (κ3) is 4.57. The molecular formula is C15H30. The van der Waals surface area contributed by atoms with E-state index < -0.39 is 0 Å². The van der Waals surface area contributed by atoms with Gasteiger partial charge in [-0.15, -0.1) is 0 Å². The third-order valence-corrected chi connectivity index (χ3v) is 4.03. The highest BCUT2D eigenvalue weighted by atomic mass is 14.3. The highest BCUT2D eigenvalue weighted by Gasteiger charge is 2.29. The monoisotopic (exact) mass is 210 g/mol. The molecule has 0 N–H and O–H groups in total. The van der Waals surface area contributed by atoms with Crippen molar-refractivity contribution in [2.75, 3.05) is 0 Å². The molecule has 1 rings (SSSR count). The van der Waals surface area contributed by atoms with Crippen molar-refractivity contribution in [1.82, 2.24) is 0 Å². The second kappa shape index (κ2) is 5.37. The molecule has 90 valence electrons. The molecule has 0 aromatic carbocycles. The molecule has 3 atom stereocenters. The Labute approximate surface area is 96.8 Å². The highest BCUT2D eigenvalue weighted by Crippen LogP contribution is 2.41. The summed E-state index contributed by atoms with van der Waals surface area (Å²) in [6, 6.07) is 0. The number of hydrogen-bond acceptors (Lipinski definition) is 0.